The van der Waals surface area contributed by atoms with Crippen LogP contribution in [0.4, 0.5) is 10.5 Å². The highest BCUT2D eigenvalue weighted by atomic mass is 16.6. The number of rotatable bonds is 5. The van der Waals surface area contributed by atoms with Gasteiger partial charge in [-0.3, -0.25) is 0 Å². The van der Waals surface area contributed by atoms with Crippen LogP contribution < -0.4 is 24.8 Å². The van der Waals surface area contributed by atoms with Crippen molar-refractivity contribution in [2.45, 2.75) is 13.3 Å². The van der Waals surface area contributed by atoms with Crippen molar-refractivity contribution in [3.8, 4) is 17.2 Å². The first-order valence-electron chi connectivity index (χ1n) is 8.24. The van der Waals surface area contributed by atoms with E-state index < -0.39 is 0 Å². The van der Waals surface area contributed by atoms with E-state index in [1.54, 1.807) is 7.11 Å². The molecule has 0 saturated heterocycles. The van der Waals surface area contributed by atoms with Crippen molar-refractivity contribution in [3.63, 3.8) is 0 Å². The van der Waals surface area contributed by atoms with E-state index in [-0.39, 0.29) is 6.03 Å². The highest BCUT2D eigenvalue weighted by Gasteiger charge is 2.12. The molecule has 0 aliphatic carbocycles. The molecule has 0 saturated carbocycles. The van der Waals surface area contributed by atoms with Gasteiger partial charge in [0.2, 0.25) is 0 Å². The van der Waals surface area contributed by atoms with E-state index in [2.05, 4.69) is 10.6 Å². The van der Waals surface area contributed by atoms with Gasteiger partial charge in [0.15, 0.2) is 11.5 Å². The minimum Gasteiger partial charge on any atom is -0.495 e. The predicted octanol–water partition coefficient (Wildman–Crippen LogP) is 3.14. The molecule has 0 unspecified atom stereocenters. The fraction of sp³-hybridized carbons (Fsp3) is 0.316. The van der Waals surface area contributed by atoms with Crippen LogP contribution in [-0.2, 0) is 6.42 Å². The summed E-state index contributed by atoms with van der Waals surface area (Å²) in [6.07, 6.45) is 0.703. The maximum absolute atomic E-state index is 12.1. The normalized spacial score (nSPS) is 12.4. The molecule has 6 nitrogen and oxygen atoms in total. The minimum absolute atomic E-state index is 0.263. The van der Waals surface area contributed by atoms with Crippen molar-refractivity contribution in [3.05, 3.63) is 47.5 Å². The Kier molecular flexibility index (Phi) is 5.28. The van der Waals surface area contributed by atoms with Crippen molar-refractivity contribution < 1.29 is 19.0 Å². The van der Waals surface area contributed by atoms with Gasteiger partial charge in [0, 0.05) is 6.54 Å². The number of amides is 2. The number of anilines is 1. The SMILES string of the molecule is COc1ccc(C)cc1NC(=O)NCCc1ccc2c(c1)OCCO2. The van der Waals surface area contributed by atoms with Crippen LogP contribution in [-0.4, -0.2) is 32.9 Å². The van der Waals surface area contributed by atoms with Gasteiger partial charge in [-0.05, 0) is 48.7 Å². The highest BCUT2D eigenvalue weighted by Crippen LogP contribution is 2.30. The molecule has 0 aromatic heterocycles. The molecule has 0 spiro atoms. The smallest absolute Gasteiger partial charge is 0.319 e. The lowest BCUT2D eigenvalue weighted by Gasteiger charge is -2.19. The minimum atomic E-state index is -0.263. The molecule has 0 atom stereocenters. The number of fused-ring (bicyclic) bond motifs is 1. The van der Waals surface area contributed by atoms with Crippen LogP contribution in [0.3, 0.4) is 0 Å². The van der Waals surface area contributed by atoms with Crippen LogP contribution in [0.25, 0.3) is 0 Å². The molecule has 0 fully saturated rings. The summed E-state index contributed by atoms with van der Waals surface area (Å²) < 4.78 is 16.3. The maximum atomic E-state index is 12.1. The average molecular weight is 342 g/mol. The van der Waals surface area contributed by atoms with Crippen LogP contribution in [0.2, 0.25) is 0 Å². The largest absolute Gasteiger partial charge is 0.495 e. The van der Waals surface area contributed by atoms with Gasteiger partial charge in [0.1, 0.15) is 19.0 Å². The summed E-state index contributed by atoms with van der Waals surface area (Å²) in [6.45, 7) is 3.62. The van der Waals surface area contributed by atoms with Crippen molar-refractivity contribution >= 4 is 11.7 Å². The van der Waals surface area contributed by atoms with Crippen molar-refractivity contribution in [2.24, 2.45) is 0 Å². The molecule has 1 heterocycles. The van der Waals surface area contributed by atoms with Gasteiger partial charge in [0.25, 0.3) is 0 Å². The molecule has 2 amide bonds. The summed E-state index contributed by atoms with van der Waals surface area (Å²) in [6, 6.07) is 11.2. The zero-order valence-corrected chi connectivity index (χ0v) is 14.4. The second-order valence-corrected chi connectivity index (χ2v) is 5.81. The van der Waals surface area contributed by atoms with E-state index in [9.17, 15) is 4.79 Å². The number of ether oxygens (including phenoxy) is 3. The van der Waals surface area contributed by atoms with E-state index >= 15 is 0 Å². The van der Waals surface area contributed by atoms with Crippen molar-refractivity contribution in [2.75, 3.05) is 32.2 Å². The molecular weight excluding hydrogens is 320 g/mol. The van der Waals surface area contributed by atoms with Gasteiger partial charge in [0.05, 0.1) is 12.8 Å². The van der Waals surface area contributed by atoms with Crippen LogP contribution in [0.1, 0.15) is 11.1 Å². The van der Waals surface area contributed by atoms with E-state index in [1.165, 1.54) is 0 Å². The predicted molar refractivity (Wildman–Crippen MR) is 95.9 cm³/mol. The van der Waals surface area contributed by atoms with Gasteiger partial charge in [-0.15, -0.1) is 0 Å². The van der Waals surface area contributed by atoms with Gasteiger partial charge < -0.3 is 24.8 Å². The lowest BCUT2D eigenvalue weighted by Crippen LogP contribution is -2.30. The average Bonchev–Trinajstić information content (AvgIpc) is 2.62. The Bertz CT molecular complexity index is 761. The van der Waals surface area contributed by atoms with Gasteiger partial charge >= 0.3 is 6.03 Å². The summed E-state index contributed by atoms with van der Waals surface area (Å²) in [5.41, 5.74) is 2.78. The maximum Gasteiger partial charge on any atom is 0.319 e. The number of hydrogen-bond donors (Lipinski definition) is 2. The fourth-order valence-electron chi connectivity index (χ4n) is 2.65. The molecule has 2 aromatic carbocycles. The standard InChI is InChI=1S/C19H22N2O4/c1-13-3-5-16(23-2)15(11-13)21-19(22)20-8-7-14-4-6-17-18(12-14)25-10-9-24-17/h3-6,11-12H,7-10H2,1-2H3,(H2,20,21,22). The molecule has 132 valence electrons. The van der Waals surface area contributed by atoms with Crippen LogP contribution in [0.5, 0.6) is 17.2 Å². The van der Waals surface area contributed by atoms with E-state index in [1.807, 2.05) is 43.3 Å². The van der Waals surface area contributed by atoms with Gasteiger partial charge in [-0.25, -0.2) is 4.79 Å². The third-order valence-corrected chi connectivity index (χ3v) is 3.91. The van der Waals surface area contributed by atoms with Crippen LogP contribution >= 0.6 is 0 Å². The molecule has 3 rings (SSSR count). The molecule has 1 aliphatic heterocycles. The van der Waals surface area contributed by atoms with Gasteiger partial charge in [-0.2, -0.15) is 0 Å². The lowest BCUT2D eigenvalue weighted by atomic mass is 10.1. The second kappa shape index (κ2) is 7.79. The molecule has 2 aromatic rings. The summed E-state index contributed by atoms with van der Waals surface area (Å²) in [5.74, 6) is 2.16. The summed E-state index contributed by atoms with van der Waals surface area (Å²) in [4.78, 5) is 12.1. The third-order valence-electron chi connectivity index (χ3n) is 3.91. The first-order chi connectivity index (χ1) is 12.2. The number of benzene rings is 2. The number of carbonyl (C=O) groups excluding carboxylic acids is 1. The van der Waals surface area contributed by atoms with E-state index in [4.69, 9.17) is 14.2 Å². The van der Waals surface area contributed by atoms with E-state index in [0.717, 1.165) is 22.6 Å². The summed E-state index contributed by atoms with van der Waals surface area (Å²) in [7, 11) is 1.58. The van der Waals surface area contributed by atoms with Crippen LogP contribution in [0.15, 0.2) is 36.4 Å². The molecule has 0 radical (unpaired) electrons. The number of nitrogens with one attached hydrogen (secondary N) is 2. The Balaban J connectivity index is 1.52. The number of methoxy groups -OCH3 is 1. The lowest BCUT2D eigenvalue weighted by molar-refractivity contribution is 0.171. The highest BCUT2D eigenvalue weighted by molar-refractivity contribution is 5.91. The Morgan fingerprint density at radius 1 is 1.12 bits per heavy atom. The molecular formula is C19H22N2O4. The molecule has 1 aliphatic rings. The van der Waals surface area contributed by atoms with Gasteiger partial charge in [-0.1, -0.05) is 12.1 Å². The molecule has 0 bridgehead atoms. The monoisotopic (exact) mass is 342 g/mol. The third kappa shape index (κ3) is 4.35. The number of aryl methyl sites for hydroxylation is 1. The van der Waals surface area contributed by atoms with E-state index in [0.29, 0.717) is 37.6 Å². The quantitative estimate of drug-likeness (QED) is 0.876. The Hall–Kier alpha value is -2.89. The first-order valence-corrected chi connectivity index (χ1v) is 8.24. The number of carbonyl (C=O) groups is 1. The number of hydrogen-bond acceptors (Lipinski definition) is 4. The zero-order chi connectivity index (χ0) is 17.6. The van der Waals surface area contributed by atoms with Crippen molar-refractivity contribution in [1.82, 2.24) is 5.32 Å². The molecule has 6 heteroatoms. The Morgan fingerprint density at radius 2 is 1.92 bits per heavy atom. The van der Waals surface area contributed by atoms with Crippen molar-refractivity contribution in [1.29, 1.82) is 0 Å². The Morgan fingerprint density at radius 3 is 2.72 bits per heavy atom. The topological polar surface area (TPSA) is 68.8 Å². The van der Waals surface area contributed by atoms with Crippen LogP contribution in [0, 0.1) is 6.92 Å². The number of urea groups is 1. The Labute approximate surface area is 147 Å². The summed E-state index contributed by atoms with van der Waals surface area (Å²) in [5, 5.41) is 5.67. The fourth-order valence-corrected chi connectivity index (χ4v) is 2.65. The first kappa shape index (κ1) is 17.0. The molecule has 25 heavy (non-hydrogen) atoms. The summed E-state index contributed by atoms with van der Waals surface area (Å²) >= 11 is 0. The second-order valence-electron chi connectivity index (χ2n) is 5.81. The zero-order valence-electron chi connectivity index (χ0n) is 14.4. The molecule has 2 N–H and O–H groups in total.